The van der Waals surface area contributed by atoms with Gasteiger partial charge in [0.1, 0.15) is 11.2 Å². The van der Waals surface area contributed by atoms with Crippen LogP contribution in [0.15, 0.2) is 43.2 Å². The molecule has 10 nitrogen and oxygen atoms in total. The number of nitrogens with one attached hydrogen (secondary N) is 1. The summed E-state index contributed by atoms with van der Waals surface area (Å²) in [4.78, 5) is 21.5. The van der Waals surface area contributed by atoms with Crippen molar-refractivity contribution in [3.63, 3.8) is 0 Å². The van der Waals surface area contributed by atoms with Crippen molar-refractivity contribution >= 4 is 28.7 Å². The highest BCUT2D eigenvalue weighted by Gasteiger charge is 2.25. The molecule has 1 aliphatic carbocycles. The molecule has 0 aliphatic heterocycles. The number of halogens is 2. The Morgan fingerprint density at radius 1 is 1.26 bits per heavy atom. The summed E-state index contributed by atoms with van der Waals surface area (Å²) in [5.41, 5.74) is 10.6. The Hall–Kier alpha value is -3.83. The van der Waals surface area contributed by atoms with Gasteiger partial charge in [-0.3, -0.25) is 4.79 Å². The van der Waals surface area contributed by atoms with Gasteiger partial charge in [-0.05, 0) is 36.5 Å². The standard InChI is InChI=1S/C23H21ClFN9O/c24-17-3-4-32-12-28-18(21(32)20(17)25)7-27-23(35)19-11-34(31-30-19)10-16-9-33-8-15(13-1-2-13)5-14(6-26)22(33)29-16/h3-5,8-9,11-13H,1-2,6-7,10,26H2,(H,27,35). The van der Waals surface area contributed by atoms with Crippen molar-refractivity contribution in [2.75, 3.05) is 0 Å². The molecule has 5 aromatic heterocycles. The molecule has 0 saturated heterocycles. The molecule has 178 valence electrons. The number of imidazole rings is 2. The number of pyridine rings is 2. The first-order valence-corrected chi connectivity index (χ1v) is 11.6. The maximum absolute atomic E-state index is 14.4. The second-order valence-corrected chi connectivity index (χ2v) is 9.06. The number of hydrogen-bond donors (Lipinski definition) is 2. The van der Waals surface area contributed by atoms with E-state index in [4.69, 9.17) is 22.3 Å². The molecule has 5 aromatic rings. The normalized spacial score (nSPS) is 13.7. The van der Waals surface area contributed by atoms with Crippen molar-refractivity contribution in [2.24, 2.45) is 5.73 Å². The molecule has 0 unspecified atom stereocenters. The molecular formula is C23H21ClFN9O. The lowest BCUT2D eigenvalue weighted by Crippen LogP contribution is -2.23. The van der Waals surface area contributed by atoms with Gasteiger partial charge in [0.15, 0.2) is 11.5 Å². The summed E-state index contributed by atoms with van der Waals surface area (Å²) in [6, 6.07) is 3.59. The monoisotopic (exact) mass is 493 g/mol. The second-order valence-electron chi connectivity index (χ2n) is 8.65. The van der Waals surface area contributed by atoms with Gasteiger partial charge < -0.3 is 19.9 Å². The molecule has 1 amide bonds. The van der Waals surface area contributed by atoms with Crippen LogP contribution in [0.5, 0.6) is 0 Å². The summed E-state index contributed by atoms with van der Waals surface area (Å²) < 4.78 is 19.5. The molecule has 12 heteroatoms. The third-order valence-corrected chi connectivity index (χ3v) is 6.44. The molecule has 0 spiro atoms. The van der Waals surface area contributed by atoms with Gasteiger partial charge in [-0.15, -0.1) is 5.10 Å². The zero-order valence-electron chi connectivity index (χ0n) is 18.5. The summed E-state index contributed by atoms with van der Waals surface area (Å²) in [5, 5.41) is 10.7. The van der Waals surface area contributed by atoms with Crippen molar-refractivity contribution in [2.45, 2.75) is 38.4 Å². The Morgan fingerprint density at radius 3 is 2.91 bits per heavy atom. The van der Waals surface area contributed by atoms with Crippen molar-refractivity contribution in [1.82, 2.24) is 39.1 Å². The molecule has 6 rings (SSSR count). The Morgan fingerprint density at radius 2 is 2.11 bits per heavy atom. The number of fused-ring (bicyclic) bond motifs is 2. The lowest BCUT2D eigenvalue weighted by atomic mass is 10.1. The first kappa shape index (κ1) is 21.7. The van der Waals surface area contributed by atoms with E-state index < -0.39 is 11.7 Å². The number of rotatable bonds is 7. The maximum atomic E-state index is 14.4. The summed E-state index contributed by atoms with van der Waals surface area (Å²) in [6.07, 6.45) is 11.1. The van der Waals surface area contributed by atoms with Crippen LogP contribution in [-0.4, -0.2) is 39.7 Å². The van der Waals surface area contributed by atoms with Gasteiger partial charge in [0.25, 0.3) is 5.91 Å². The van der Waals surface area contributed by atoms with E-state index in [-0.39, 0.29) is 22.8 Å². The maximum Gasteiger partial charge on any atom is 0.273 e. The van der Waals surface area contributed by atoms with E-state index in [9.17, 15) is 9.18 Å². The highest BCUT2D eigenvalue weighted by molar-refractivity contribution is 6.31. The van der Waals surface area contributed by atoms with Gasteiger partial charge in [-0.2, -0.15) is 0 Å². The minimum atomic E-state index is -0.587. The van der Waals surface area contributed by atoms with E-state index in [1.54, 1.807) is 17.1 Å². The van der Waals surface area contributed by atoms with Crippen LogP contribution in [0.25, 0.3) is 11.2 Å². The molecule has 5 heterocycles. The number of carbonyl (C=O) groups is 1. The Kier molecular flexibility index (Phi) is 5.23. The Balaban J connectivity index is 1.16. The number of amides is 1. The molecular weight excluding hydrogens is 473 g/mol. The highest BCUT2D eigenvalue weighted by Crippen LogP contribution is 2.40. The number of carbonyl (C=O) groups excluding carboxylic acids is 1. The molecule has 0 radical (unpaired) electrons. The summed E-state index contributed by atoms with van der Waals surface area (Å²) in [7, 11) is 0. The Bertz CT molecular complexity index is 1580. The average Bonchev–Trinajstić information content (AvgIpc) is 3.26. The van der Waals surface area contributed by atoms with Crippen molar-refractivity contribution in [1.29, 1.82) is 0 Å². The SMILES string of the molecule is NCc1cc(C2CC2)cn2cc(Cn3cc(C(=O)NCc4ncn5ccc(Cl)c(F)c45)nn3)nc12. The number of nitrogens with zero attached hydrogens (tertiary/aromatic N) is 7. The molecule has 0 bridgehead atoms. The van der Waals surface area contributed by atoms with Gasteiger partial charge >= 0.3 is 0 Å². The zero-order valence-corrected chi connectivity index (χ0v) is 19.3. The van der Waals surface area contributed by atoms with E-state index in [2.05, 4.69) is 32.9 Å². The fraction of sp³-hybridized carbons (Fsp3) is 0.261. The predicted octanol–water partition coefficient (Wildman–Crippen LogP) is 2.68. The van der Waals surface area contributed by atoms with Gasteiger partial charge in [0.2, 0.25) is 0 Å². The molecule has 0 aromatic carbocycles. The van der Waals surface area contributed by atoms with Crippen molar-refractivity contribution in [3.8, 4) is 0 Å². The molecule has 35 heavy (non-hydrogen) atoms. The summed E-state index contributed by atoms with van der Waals surface area (Å²) >= 11 is 5.87. The minimum absolute atomic E-state index is 0.0110. The molecule has 1 saturated carbocycles. The zero-order chi connectivity index (χ0) is 24.1. The quantitative estimate of drug-likeness (QED) is 0.359. The van der Waals surface area contributed by atoms with Crippen LogP contribution in [0.3, 0.4) is 0 Å². The van der Waals surface area contributed by atoms with Crippen molar-refractivity contribution < 1.29 is 9.18 Å². The molecule has 0 atom stereocenters. The number of aromatic nitrogens is 7. The van der Waals surface area contributed by atoms with Gasteiger partial charge in [0, 0.05) is 30.7 Å². The smallest absolute Gasteiger partial charge is 0.273 e. The second kappa shape index (κ2) is 8.43. The summed E-state index contributed by atoms with van der Waals surface area (Å²) in [6.45, 7) is 0.771. The summed E-state index contributed by atoms with van der Waals surface area (Å²) in [5.74, 6) is -0.425. The first-order valence-electron chi connectivity index (χ1n) is 11.2. The average molecular weight is 494 g/mol. The van der Waals surface area contributed by atoms with E-state index in [1.165, 1.54) is 35.2 Å². The first-order chi connectivity index (χ1) is 17.0. The van der Waals surface area contributed by atoms with Crippen molar-refractivity contribution in [3.05, 3.63) is 82.3 Å². The van der Waals surface area contributed by atoms with E-state index in [0.717, 1.165) is 16.9 Å². The molecule has 1 aliphatic rings. The van der Waals surface area contributed by atoms with Crippen LogP contribution in [0, 0.1) is 5.82 Å². The van der Waals surface area contributed by atoms with E-state index >= 15 is 0 Å². The fourth-order valence-electron chi connectivity index (χ4n) is 4.22. The predicted molar refractivity (Wildman–Crippen MR) is 126 cm³/mol. The molecule has 3 N–H and O–H groups in total. The lowest BCUT2D eigenvalue weighted by Gasteiger charge is -2.05. The number of nitrogens with two attached hydrogens (primary N) is 1. The van der Waals surface area contributed by atoms with Gasteiger partial charge in [0.05, 0.1) is 42.0 Å². The van der Waals surface area contributed by atoms with Crippen LogP contribution in [0.2, 0.25) is 5.02 Å². The van der Waals surface area contributed by atoms with Gasteiger partial charge in [-0.1, -0.05) is 16.8 Å². The van der Waals surface area contributed by atoms with Crippen LogP contribution in [0.4, 0.5) is 4.39 Å². The van der Waals surface area contributed by atoms with Crippen LogP contribution < -0.4 is 11.1 Å². The third-order valence-electron chi connectivity index (χ3n) is 6.15. The highest BCUT2D eigenvalue weighted by atomic mass is 35.5. The van der Waals surface area contributed by atoms with E-state index in [0.29, 0.717) is 24.7 Å². The van der Waals surface area contributed by atoms with Crippen LogP contribution in [-0.2, 0) is 19.6 Å². The third kappa shape index (κ3) is 4.02. The van der Waals surface area contributed by atoms with Crippen LogP contribution in [0.1, 0.15) is 51.8 Å². The lowest BCUT2D eigenvalue weighted by molar-refractivity contribution is 0.0945. The largest absolute Gasteiger partial charge is 0.345 e. The van der Waals surface area contributed by atoms with E-state index in [1.807, 2.05) is 10.6 Å². The van der Waals surface area contributed by atoms with Gasteiger partial charge in [-0.25, -0.2) is 19.0 Å². The fourth-order valence-corrected chi connectivity index (χ4v) is 4.37. The topological polar surface area (TPSA) is 120 Å². The minimum Gasteiger partial charge on any atom is -0.345 e. The molecule has 1 fully saturated rings. The van der Waals surface area contributed by atoms with Crippen LogP contribution >= 0.6 is 11.6 Å². The number of hydrogen-bond acceptors (Lipinski definition) is 6. The Labute approximate surface area is 203 Å².